The van der Waals surface area contributed by atoms with Crippen LogP contribution in [0.15, 0.2) is 42.5 Å². The summed E-state index contributed by atoms with van der Waals surface area (Å²) in [5.41, 5.74) is 3.51. The molecule has 0 radical (unpaired) electrons. The first-order valence-corrected chi connectivity index (χ1v) is 7.89. The van der Waals surface area contributed by atoms with Gasteiger partial charge in [0.15, 0.2) is 6.10 Å². The zero-order valence-electron chi connectivity index (χ0n) is 14.0. The molecule has 1 unspecified atom stereocenters. The SMILES string of the molecule is Cc1cc(C)cc(NC(=O)CN2C(=O)C(C)Oc3ccccc32)c1. The molecule has 0 saturated carbocycles. The van der Waals surface area contributed by atoms with Crippen molar-refractivity contribution in [3.8, 4) is 5.75 Å². The van der Waals surface area contributed by atoms with Gasteiger partial charge in [-0.1, -0.05) is 18.2 Å². The molecule has 0 spiro atoms. The minimum absolute atomic E-state index is 0.0451. The number of hydrogen-bond donors (Lipinski definition) is 1. The van der Waals surface area contributed by atoms with E-state index in [2.05, 4.69) is 5.32 Å². The molecule has 1 N–H and O–H groups in total. The van der Waals surface area contributed by atoms with Gasteiger partial charge in [0.25, 0.3) is 5.91 Å². The Kier molecular flexibility index (Phi) is 4.25. The normalized spacial score (nSPS) is 16.4. The van der Waals surface area contributed by atoms with E-state index in [1.165, 1.54) is 4.90 Å². The first-order valence-electron chi connectivity index (χ1n) is 7.89. The Hall–Kier alpha value is -2.82. The largest absolute Gasteiger partial charge is 0.479 e. The minimum atomic E-state index is -0.603. The second-order valence-corrected chi connectivity index (χ2v) is 6.08. The zero-order chi connectivity index (χ0) is 17.3. The summed E-state index contributed by atoms with van der Waals surface area (Å²) in [7, 11) is 0. The third-order valence-electron chi connectivity index (χ3n) is 3.88. The highest BCUT2D eigenvalue weighted by atomic mass is 16.5. The molecule has 2 amide bonds. The topological polar surface area (TPSA) is 58.6 Å². The number of amides is 2. The summed E-state index contributed by atoms with van der Waals surface area (Å²) in [4.78, 5) is 26.3. The molecule has 3 rings (SSSR count). The maximum absolute atomic E-state index is 12.4. The molecule has 5 heteroatoms. The summed E-state index contributed by atoms with van der Waals surface area (Å²) < 4.78 is 5.58. The molecule has 1 atom stereocenters. The lowest BCUT2D eigenvalue weighted by atomic mass is 10.1. The van der Waals surface area contributed by atoms with Gasteiger partial charge in [0.05, 0.1) is 5.69 Å². The van der Waals surface area contributed by atoms with Crippen LogP contribution in [0.3, 0.4) is 0 Å². The van der Waals surface area contributed by atoms with E-state index in [1.54, 1.807) is 19.1 Å². The number of rotatable bonds is 3. The molecule has 1 aliphatic rings. The van der Waals surface area contributed by atoms with Crippen LogP contribution in [-0.4, -0.2) is 24.5 Å². The highest BCUT2D eigenvalue weighted by molar-refractivity contribution is 6.06. The number of anilines is 2. The van der Waals surface area contributed by atoms with Crippen molar-refractivity contribution in [2.24, 2.45) is 0 Å². The van der Waals surface area contributed by atoms with Crippen LogP contribution in [0, 0.1) is 13.8 Å². The van der Waals surface area contributed by atoms with Crippen LogP contribution >= 0.6 is 0 Å². The average molecular weight is 324 g/mol. The number of hydrogen-bond acceptors (Lipinski definition) is 3. The summed E-state index contributed by atoms with van der Waals surface area (Å²) >= 11 is 0. The predicted octanol–water partition coefficient (Wildman–Crippen LogP) is 3.06. The number of fused-ring (bicyclic) bond motifs is 1. The van der Waals surface area contributed by atoms with Crippen LogP contribution in [0.4, 0.5) is 11.4 Å². The monoisotopic (exact) mass is 324 g/mol. The Morgan fingerprint density at radius 2 is 1.83 bits per heavy atom. The Bertz CT molecular complexity index is 781. The number of benzene rings is 2. The van der Waals surface area contributed by atoms with Crippen molar-refractivity contribution < 1.29 is 14.3 Å². The number of carbonyl (C=O) groups is 2. The molecule has 0 aliphatic carbocycles. The van der Waals surface area contributed by atoms with Crippen LogP contribution in [0.2, 0.25) is 0 Å². The fourth-order valence-electron chi connectivity index (χ4n) is 2.91. The van der Waals surface area contributed by atoms with Crippen LogP contribution in [0.5, 0.6) is 5.75 Å². The van der Waals surface area contributed by atoms with Crippen LogP contribution in [-0.2, 0) is 9.59 Å². The maximum atomic E-state index is 12.4. The van der Waals surface area contributed by atoms with E-state index < -0.39 is 6.10 Å². The first-order chi connectivity index (χ1) is 11.4. The quantitative estimate of drug-likeness (QED) is 0.944. The fraction of sp³-hybridized carbons (Fsp3) is 0.263. The van der Waals surface area contributed by atoms with Gasteiger partial charge in [0, 0.05) is 5.69 Å². The molecule has 1 heterocycles. The van der Waals surface area contributed by atoms with E-state index in [-0.39, 0.29) is 18.4 Å². The number of ether oxygens (including phenoxy) is 1. The van der Waals surface area contributed by atoms with Gasteiger partial charge in [0.1, 0.15) is 12.3 Å². The highest BCUT2D eigenvalue weighted by Crippen LogP contribution is 2.33. The lowest BCUT2D eigenvalue weighted by Crippen LogP contribution is -2.47. The second-order valence-electron chi connectivity index (χ2n) is 6.08. The molecule has 0 aromatic heterocycles. The Balaban J connectivity index is 1.79. The van der Waals surface area contributed by atoms with E-state index in [0.717, 1.165) is 16.8 Å². The van der Waals surface area contributed by atoms with Crippen LogP contribution in [0.1, 0.15) is 18.1 Å². The number of aryl methyl sites for hydroxylation is 2. The van der Waals surface area contributed by atoms with Crippen molar-refractivity contribution >= 4 is 23.2 Å². The number of carbonyl (C=O) groups excluding carboxylic acids is 2. The van der Waals surface area contributed by atoms with Gasteiger partial charge in [0.2, 0.25) is 5.91 Å². The summed E-state index contributed by atoms with van der Waals surface area (Å²) in [5.74, 6) is 0.158. The Morgan fingerprint density at radius 3 is 2.54 bits per heavy atom. The Labute approximate surface area is 141 Å². The molecule has 24 heavy (non-hydrogen) atoms. The smallest absolute Gasteiger partial charge is 0.268 e. The zero-order valence-corrected chi connectivity index (χ0v) is 14.0. The van der Waals surface area contributed by atoms with Gasteiger partial charge in [-0.25, -0.2) is 0 Å². The van der Waals surface area contributed by atoms with Crippen LogP contribution in [0.25, 0.3) is 0 Å². The standard InChI is InChI=1S/C19H20N2O3/c1-12-8-13(2)10-15(9-12)20-18(22)11-21-16-6-4-5-7-17(16)24-14(3)19(21)23/h4-10,14H,11H2,1-3H3,(H,20,22). The van der Waals surface area contributed by atoms with E-state index in [1.807, 2.05) is 44.2 Å². The molecule has 124 valence electrons. The lowest BCUT2D eigenvalue weighted by molar-refractivity contribution is -0.127. The molecule has 2 aromatic carbocycles. The van der Waals surface area contributed by atoms with Crippen molar-refractivity contribution in [2.75, 3.05) is 16.8 Å². The Morgan fingerprint density at radius 1 is 1.17 bits per heavy atom. The molecule has 0 saturated heterocycles. The van der Waals surface area contributed by atoms with Gasteiger partial charge in [-0.2, -0.15) is 0 Å². The molecule has 2 aromatic rings. The third kappa shape index (κ3) is 3.25. The fourth-order valence-corrected chi connectivity index (χ4v) is 2.91. The third-order valence-corrected chi connectivity index (χ3v) is 3.88. The molecule has 0 fully saturated rings. The van der Waals surface area contributed by atoms with Gasteiger partial charge < -0.3 is 10.1 Å². The van der Waals surface area contributed by atoms with Gasteiger partial charge in [-0.3, -0.25) is 14.5 Å². The van der Waals surface area contributed by atoms with Gasteiger partial charge in [-0.15, -0.1) is 0 Å². The molecule has 5 nitrogen and oxygen atoms in total. The molecule has 0 bridgehead atoms. The lowest BCUT2D eigenvalue weighted by Gasteiger charge is -2.32. The summed E-state index contributed by atoms with van der Waals surface area (Å²) in [5, 5.41) is 2.86. The van der Waals surface area contributed by atoms with E-state index in [4.69, 9.17) is 4.74 Å². The molecule has 1 aliphatic heterocycles. The first kappa shape index (κ1) is 16.1. The second kappa shape index (κ2) is 6.35. The summed E-state index contributed by atoms with van der Waals surface area (Å²) in [6.45, 7) is 5.60. The van der Waals surface area contributed by atoms with E-state index >= 15 is 0 Å². The van der Waals surface area contributed by atoms with Crippen molar-refractivity contribution in [1.82, 2.24) is 0 Å². The van der Waals surface area contributed by atoms with Crippen molar-refractivity contribution in [3.05, 3.63) is 53.6 Å². The number of para-hydroxylation sites is 2. The maximum Gasteiger partial charge on any atom is 0.268 e. The van der Waals surface area contributed by atoms with Crippen molar-refractivity contribution in [1.29, 1.82) is 0 Å². The highest BCUT2D eigenvalue weighted by Gasteiger charge is 2.32. The molecular formula is C19H20N2O3. The number of nitrogens with zero attached hydrogens (tertiary/aromatic N) is 1. The summed E-state index contributed by atoms with van der Waals surface area (Å²) in [6.07, 6.45) is -0.603. The average Bonchev–Trinajstić information content (AvgIpc) is 2.50. The van der Waals surface area contributed by atoms with E-state index in [9.17, 15) is 9.59 Å². The van der Waals surface area contributed by atoms with Gasteiger partial charge >= 0.3 is 0 Å². The molecular weight excluding hydrogens is 304 g/mol. The van der Waals surface area contributed by atoms with Crippen molar-refractivity contribution in [2.45, 2.75) is 26.9 Å². The van der Waals surface area contributed by atoms with Gasteiger partial charge in [-0.05, 0) is 56.2 Å². The predicted molar refractivity (Wildman–Crippen MR) is 93.4 cm³/mol. The minimum Gasteiger partial charge on any atom is -0.479 e. The van der Waals surface area contributed by atoms with Crippen molar-refractivity contribution in [3.63, 3.8) is 0 Å². The number of nitrogens with one attached hydrogen (secondary N) is 1. The van der Waals surface area contributed by atoms with E-state index in [0.29, 0.717) is 11.4 Å². The van der Waals surface area contributed by atoms with Crippen LogP contribution < -0.4 is 15.0 Å². The summed E-state index contributed by atoms with van der Waals surface area (Å²) in [6, 6.07) is 13.1.